The van der Waals surface area contributed by atoms with E-state index in [1.807, 2.05) is 91.9 Å². The van der Waals surface area contributed by atoms with Gasteiger partial charge in [0.15, 0.2) is 5.54 Å². The molecule has 5 rings (SSSR count). The Labute approximate surface area is 186 Å². The predicted molar refractivity (Wildman–Crippen MR) is 121 cm³/mol. The van der Waals surface area contributed by atoms with Crippen LogP contribution in [0.1, 0.15) is 23.6 Å². The van der Waals surface area contributed by atoms with E-state index in [0.717, 1.165) is 22.6 Å². The first-order valence-electron chi connectivity index (χ1n) is 10.7. The zero-order valence-electron chi connectivity index (χ0n) is 17.7. The Bertz CT molecular complexity index is 1150. The van der Waals surface area contributed by atoms with Crippen LogP contribution in [0.4, 0.5) is 10.5 Å². The van der Waals surface area contributed by atoms with Gasteiger partial charge in [-0.1, -0.05) is 78.9 Å². The number of urea groups is 1. The maximum absolute atomic E-state index is 13.8. The molecular formula is C26H23N3O3. The van der Waals surface area contributed by atoms with E-state index < -0.39 is 17.5 Å². The molecule has 6 heteroatoms. The van der Waals surface area contributed by atoms with Crippen molar-refractivity contribution >= 4 is 23.5 Å². The number of carbonyl (C=O) groups is 3. The Morgan fingerprint density at radius 3 is 2.09 bits per heavy atom. The average molecular weight is 425 g/mol. The minimum atomic E-state index is -1.37. The molecule has 1 atom stereocenters. The summed E-state index contributed by atoms with van der Waals surface area (Å²) in [5.74, 6) is -0.726. The van der Waals surface area contributed by atoms with Crippen molar-refractivity contribution in [1.82, 2.24) is 10.2 Å². The van der Waals surface area contributed by atoms with Crippen molar-refractivity contribution in [3.8, 4) is 0 Å². The van der Waals surface area contributed by atoms with Gasteiger partial charge in [-0.05, 0) is 36.1 Å². The van der Waals surface area contributed by atoms with E-state index in [1.54, 1.807) is 4.90 Å². The summed E-state index contributed by atoms with van der Waals surface area (Å²) in [5, 5.41) is 2.89. The Morgan fingerprint density at radius 2 is 1.47 bits per heavy atom. The maximum atomic E-state index is 13.8. The van der Waals surface area contributed by atoms with Gasteiger partial charge >= 0.3 is 6.03 Å². The highest BCUT2D eigenvalue weighted by Gasteiger charge is 2.54. The molecule has 1 fully saturated rings. The molecule has 2 heterocycles. The van der Waals surface area contributed by atoms with E-state index >= 15 is 0 Å². The third-order valence-corrected chi connectivity index (χ3v) is 6.29. The largest absolute Gasteiger partial charge is 0.326 e. The quantitative estimate of drug-likeness (QED) is 0.651. The fourth-order valence-corrected chi connectivity index (χ4v) is 4.81. The molecule has 0 radical (unpaired) electrons. The fourth-order valence-electron chi connectivity index (χ4n) is 4.81. The highest BCUT2D eigenvalue weighted by molar-refractivity contribution is 6.12. The van der Waals surface area contributed by atoms with E-state index in [2.05, 4.69) is 5.32 Å². The highest BCUT2D eigenvalue weighted by atomic mass is 16.2. The van der Waals surface area contributed by atoms with Crippen molar-refractivity contribution in [3.63, 3.8) is 0 Å². The van der Waals surface area contributed by atoms with E-state index in [4.69, 9.17) is 0 Å². The molecular weight excluding hydrogens is 402 g/mol. The zero-order valence-corrected chi connectivity index (χ0v) is 17.7. The molecule has 2 aliphatic heterocycles. The van der Waals surface area contributed by atoms with Gasteiger partial charge < -0.3 is 10.2 Å². The standard InChI is InChI=1S/C26H23N3O3/c1-18-16-19-10-8-9-15-22(19)29(18)23(30)17-28-24(31)26(27-25(28)32,20-11-4-2-5-12-20)21-13-6-3-7-14-21/h2-15,18H,16-17H2,1H3,(H,27,32). The topological polar surface area (TPSA) is 69.7 Å². The second-order valence-electron chi connectivity index (χ2n) is 8.25. The summed E-state index contributed by atoms with van der Waals surface area (Å²) < 4.78 is 0. The molecule has 4 amide bonds. The van der Waals surface area contributed by atoms with Gasteiger partial charge in [0.2, 0.25) is 5.91 Å². The van der Waals surface area contributed by atoms with Crippen molar-refractivity contribution in [2.75, 3.05) is 11.4 Å². The molecule has 32 heavy (non-hydrogen) atoms. The number of hydrogen-bond acceptors (Lipinski definition) is 3. The molecule has 1 unspecified atom stereocenters. The summed E-state index contributed by atoms with van der Waals surface area (Å²) in [6.07, 6.45) is 0.750. The SMILES string of the molecule is CC1Cc2ccccc2N1C(=O)CN1C(=O)NC(c2ccccc2)(c2ccccc2)C1=O. The lowest BCUT2D eigenvalue weighted by molar-refractivity contribution is -0.133. The minimum absolute atomic E-state index is 0.0336. The van der Waals surface area contributed by atoms with E-state index in [1.165, 1.54) is 0 Å². The average Bonchev–Trinajstić information content (AvgIpc) is 3.29. The minimum Gasteiger partial charge on any atom is -0.315 e. The Balaban J connectivity index is 1.50. The Morgan fingerprint density at radius 1 is 0.906 bits per heavy atom. The maximum Gasteiger partial charge on any atom is 0.326 e. The number of fused-ring (bicyclic) bond motifs is 1. The molecule has 160 valence electrons. The lowest BCUT2D eigenvalue weighted by Gasteiger charge is -2.28. The summed E-state index contributed by atoms with van der Waals surface area (Å²) in [5.41, 5.74) is 1.87. The van der Waals surface area contributed by atoms with Crippen molar-refractivity contribution in [2.24, 2.45) is 0 Å². The van der Waals surface area contributed by atoms with Gasteiger partial charge in [-0.25, -0.2) is 4.79 Å². The monoisotopic (exact) mass is 425 g/mol. The van der Waals surface area contributed by atoms with Gasteiger partial charge in [-0.2, -0.15) is 0 Å². The number of amides is 4. The van der Waals surface area contributed by atoms with Crippen LogP contribution in [0.15, 0.2) is 84.9 Å². The normalized spacial score (nSPS) is 19.1. The number of carbonyl (C=O) groups excluding carboxylic acids is 3. The summed E-state index contributed by atoms with van der Waals surface area (Å²) in [4.78, 5) is 42.9. The second kappa shape index (κ2) is 7.64. The van der Waals surface area contributed by atoms with Crippen LogP contribution in [0.2, 0.25) is 0 Å². The van der Waals surface area contributed by atoms with Crippen molar-refractivity contribution in [1.29, 1.82) is 0 Å². The fraction of sp³-hybridized carbons (Fsp3) is 0.192. The lowest BCUT2D eigenvalue weighted by Crippen LogP contribution is -2.47. The number of anilines is 1. The molecule has 1 N–H and O–H groups in total. The van der Waals surface area contributed by atoms with Gasteiger partial charge in [0.05, 0.1) is 0 Å². The molecule has 0 saturated carbocycles. The number of benzene rings is 3. The first-order chi connectivity index (χ1) is 15.5. The summed E-state index contributed by atoms with van der Waals surface area (Å²) in [6.45, 7) is 1.66. The second-order valence-corrected chi connectivity index (χ2v) is 8.25. The van der Waals surface area contributed by atoms with Crippen LogP contribution in [0.25, 0.3) is 0 Å². The molecule has 1 saturated heterocycles. The van der Waals surface area contributed by atoms with Gasteiger partial charge in [0, 0.05) is 11.7 Å². The van der Waals surface area contributed by atoms with Gasteiger partial charge in [-0.15, -0.1) is 0 Å². The van der Waals surface area contributed by atoms with Gasteiger partial charge in [0.25, 0.3) is 5.91 Å². The number of rotatable bonds is 4. The first kappa shape index (κ1) is 20.0. The molecule has 3 aromatic rings. The Kier molecular flexibility index (Phi) is 4.78. The predicted octanol–water partition coefficient (Wildman–Crippen LogP) is 3.46. The number of imide groups is 1. The molecule has 0 bridgehead atoms. The van der Waals surface area contributed by atoms with Crippen LogP contribution in [0, 0.1) is 0 Å². The number of nitrogens with zero attached hydrogens (tertiary/aromatic N) is 2. The van der Waals surface area contributed by atoms with E-state index in [9.17, 15) is 14.4 Å². The highest BCUT2D eigenvalue weighted by Crippen LogP contribution is 2.37. The van der Waals surface area contributed by atoms with Crippen molar-refractivity contribution in [2.45, 2.75) is 24.9 Å². The molecule has 0 spiro atoms. The molecule has 0 aromatic heterocycles. The van der Waals surface area contributed by atoms with Crippen molar-refractivity contribution in [3.05, 3.63) is 102 Å². The summed E-state index contributed by atoms with van der Waals surface area (Å²) in [6, 6.07) is 25.4. The number of hydrogen-bond donors (Lipinski definition) is 1. The zero-order chi connectivity index (χ0) is 22.3. The molecule has 2 aliphatic rings. The van der Waals surface area contributed by atoms with Gasteiger partial charge in [-0.3, -0.25) is 14.5 Å². The van der Waals surface area contributed by atoms with Crippen molar-refractivity contribution < 1.29 is 14.4 Å². The third-order valence-electron chi connectivity index (χ3n) is 6.29. The van der Waals surface area contributed by atoms with Gasteiger partial charge in [0.1, 0.15) is 6.54 Å². The smallest absolute Gasteiger partial charge is 0.315 e. The van der Waals surface area contributed by atoms with Crippen LogP contribution in [0.5, 0.6) is 0 Å². The molecule has 6 nitrogen and oxygen atoms in total. The van der Waals surface area contributed by atoms with Crippen LogP contribution in [-0.4, -0.2) is 35.3 Å². The molecule has 0 aliphatic carbocycles. The van der Waals surface area contributed by atoms with E-state index in [-0.39, 0.29) is 18.5 Å². The first-order valence-corrected chi connectivity index (χ1v) is 10.7. The van der Waals surface area contributed by atoms with Crippen LogP contribution in [0.3, 0.4) is 0 Å². The summed E-state index contributed by atoms with van der Waals surface area (Å²) >= 11 is 0. The number of nitrogens with one attached hydrogen (secondary N) is 1. The van der Waals surface area contributed by atoms with Crippen LogP contribution < -0.4 is 10.2 Å². The third kappa shape index (κ3) is 2.99. The molecule has 3 aromatic carbocycles. The summed E-state index contributed by atoms with van der Waals surface area (Å²) in [7, 11) is 0. The lowest BCUT2D eigenvalue weighted by atomic mass is 9.82. The van der Waals surface area contributed by atoms with E-state index in [0.29, 0.717) is 11.1 Å². The Hall–Kier alpha value is -3.93. The van der Waals surface area contributed by atoms with Crippen LogP contribution in [-0.2, 0) is 21.5 Å². The van der Waals surface area contributed by atoms with Crippen LogP contribution >= 0.6 is 0 Å². The number of para-hydroxylation sites is 1.